The third-order valence-electron chi connectivity index (χ3n) is 4.28. The van der Waals surface area contributed by atoms with Gasteiger partial charge in [-0.2, -0.15) is 0 Å². The summed E-state index contributed by atoms with van der Waals surface area (Å²) in [4.78, 5) is 17.3. The minimum atomic E-state index is -0.0529. The maximum Gasteiger partial charge on any atom is 0.262 e. The van der Waals surface area contributed by atoms with E-state index < -0.39 is 0 Å². The van der Waals surface area contributed by atoms with Crippen LogP contribution in [0.25, 0.3) is 16.7 Å². The van der Waals surface area contributed by atoms with Crippen LogP contribution in [0.1, 0.15) is 12.1 Å². The third kappa shape index (κ3) is 3.45. The van der Waals surface area contributed by atoms with Crippen LogP contribution in [0, 0.1) is 0 Å². The van der Waals surface area contributed by atoms with E-state index in [1.165, 1.54) is 0 Å². The number of hydrogen-bond donors (Lipinski definition) is 0. The Kier molecular flexibility index (Phi) is 5.17. The predicted molar refractivity (Wildman–Crippen MR) is 105 cm³/mol. The molecule has 0 aliphatic rings. The van der Waals surface area contributed by atoms with Crippen molar-refractivity contribution in [1.29, 1.82) is 0 Å². The Morgan fingerprint density at radius 1 is 1.11 bits per heavy atom. The van der Waals surface area contributed by atoms with Crippen LogP contribution < -0.4 is 5.56 Å². The van der Waals surface area contributed by atoms with E-state index in [2.05, 4.69) is 15.2 Å². The van der Waals surface area contributed by atoms with Crippen molar-refractivity contribution < 1.29 is 4.74 Å². The van der Waals surface area contributed by atoms with E-state index in [-0.39, 0.29) is 5.56 Å². The molecule has 1 aromatic carbocycles. The molecular formula is C19H19N5O2S. The van der Waals surface area contributed by atoms with Gasteiger partial charge in [0.2, 0.25) is 5.78 Å². The molecule has 0 N–H and O–H groups in total. The Morgan fingerprint density at radius 2 is 1.96 bits per heavy atom. The highest BCUT2D eigenvalue weighted by molar-refractivity contribution is 7.98. The van der Waals surface area contributed by atoms with Gasteiger partial charge in [0.1, 0.15) is 0 Å². The monoisotopic (exact) mass is 381 g/mol. The van der Waals surface area contributed by atoms with E-state index in [1.807, 2.05) is 46.9 Å². The second kappa shape index (κ2) is 7.89. The van der Waals surface area contributed by atoms with Crippen LogP contribution in [-0.4, -0.2) is 37.9 Å². The van der Waals surface area contributed by atoms with Gasteiger partial charge in [0.15, 0.2) is 5.16 Å². The van der Waals surface area contributed by atoms with Crippen LogP contribution in [0.3, 0.4) is 0 Å². The molecule has 27 heavy (non-hydrogen) atoms. The Hall–Kier alpha value is -2.71. The highest BCUT2D eigenvalue weighted by Gasteiger charge is 2.16. The lowest BCUT2D eigenvalue weighted by atomic mass is 10.2. The lowest BCUT2D eigenvalue weighted by molar-refractivity contribution is 0.190. The van der Waals surface area contributed by atoms with Crippen LogP contribution in [0.2, 0.25) is 0 Å². The molecule has 0 fully saturated rings. The van der Waals surface area contributed by atoms with Crippen molar-refractivity contribution in [2.24, 2.45) is 0 Å². The average Bonchev–Trinajstić information content (AvgIpc) is 3.14. The molecule has 0 bridgehead atoms. The number of rotatable bonds is 7. The largest absolute Gasteiger partial charge is 0.385 e. The van der Waals surface area contributed by atoms with Gasteiger partial charge < -0.3 is 4.74 Å². The number of methoxy groups -OCH3 is 1. The maximum absolute atomic E-state index is 12.9. The molecule has 3 heterocycles. The fourth-order valence-electron chi connectivity index (χ4n) is 3.02. The number of thioether (sulfide) groups is 1. The highest BCUT2D eigenvalue weighted by Crippen LogP contribution is 2.24. The lowest BCUT2D eigenvalue weighted by Gasteiger charge is -2.11. The third-order valence-corrected chi connectivity index (χ3v) is 5.25. The second-order valence-corrected chi connectivity index (χ2v) is 6.99. The zero-order valence-electron chi connectivity index (χ0n) is 14.9. The van der Waals surface area contributed by atoms with E-state index in [0.717, 1.165) is 22.8 Å². The molecule has 0 aliphatic heterocycles. The van der Waals surface area contributed by atoms with Gasteiger partial charge in [-0.3, -0.25) is 18.7 Å². The number of benzene rings is 1. The number of ether oxygens (including phenoxy) is 1. The second-order valence-electron chi connectivity index (χ2n) is 6.05. The van der Waals surface area contributed by atoms with Crippen LogP contribution in [-0.2, 0) is 17.0 Å². The Balaban J connectivity index is 1.80. The first-order chi connectivity index (χ1) is 13.3. The number of aromatic nitrogens is 5. The van der Waals surface area contributed by atoms with Crippen LogP contribution in [0.15, 0.2) is 58.6 Å². The zero-order chi connectivity index (χ0) is 18.6. The van der Waals surface area contributed by atoms with Gasteiger partial charge in [0.25, 0.3) is 5.56 Å². The summed E-state index contributed by atoms with van der Waals surface area (Å²) in [6.45, 7) is 1.12. The zero-order valence-corrected chi connectivity index (χ0v) is 15.7. The van der Waals surface area contributed by atoms with Crippen molar-refractivity contribution in [3.8, 4) is 0 Å². The maximum atomic E-state index is 12.9. The highest BCUT2D eigenvalue weighted by atomic mass is 32.2. The number of nitrogens with zero attached hydrogens (tertiary/aromatic N) is 5. The van der Waals surface area contributed by atoms with Gasteiger partial charge in [-0.25, -0.2) is 0 Å². The SMILES string of the molecule is COCCCn1c(=O)c2ccccc2n2c(SCc3ccccn3)nnc12. The number of fused-ring (bicyclic) bond motifs is 3. The summed E-state index contributed by atoms with van der Waals surface area (Å²) in [5, 5.41) is 10.1. The van der Waals surface area contributed by atoms with Gasteiger partial charge in [0, 0.05) is 32.2 Å². The van der Waals surface area contributed by atoms with Crippen molar-refractivity contribution in [2.75, 3.05) is 13.7 Å². The minimum Gasteiger partial charge on any atom is -0.385 e. The molecule has 0 unspecified atom stereocenters. The molecule has 0 amide bonds. The molecular weight excluding hydrogens is 362 g/mol. The molecule has 4 rings (SSSR count). The number of pyridine rings is 1. The van der Waals surface area contributed by atoms with E-state index >= 15 is 0 Å². The van der Waals surface area contributed by atoms with Gasteiger partial charge in [-0.1, -0.05) is 30.0 Å². The predicted octanol–water partition coefficient (Wildman–Crippen LogP) is 2.77. The van der Waals surface area contributed by atoms with Gasteiger partial charge in [0.05, 0.1) is 16.6 Å². The molecule has 4 aromatic rings. The van der Waals surface area contributed by atoms with Crippen molar-refractivity contribution in [3.63, 3.8) is 0 Å². The number of para-hydroxylation sites is 1. The molecule has 0 spiro atoms. The van der Waals surface area contributed by atoms with E-state index in [4.69, 9.17) is 4.74 Å². The standard InChI is InChI=1S/C19H19N5O2S/c1-26-12-6-11-23-17(25)15-8-2-3-9-16(15)24-18(23)21-22-19(24)27-13-14-7-4-5-10-20-14/h2-5,7-10H,6,11-13H2,1H3. The summed E-state index contributed by atoms with van der Waals surface area (Å²) < 4.78 is 8.76. The Labute approximate surface area is 160 Å². The van der Waals surface area contributed by atoms with Crippen molar-refractivity contribution >= 4 is 28.4 Å². The Bertz CT molecular complexity index is 1120. The first-order valence-electron chi connectivity index (χ1n) is 8.68. The molecule has 0 atom stereocenters. The summed E-state index contributed by atoms with van der Waals surface area (Å²) in [5.74, 6) is 1.23. The molecule has 0 saturated carbocycles. The first-order valence-corrected chi connectivity index (χ1v) is 9.66. The Morgan fingerprint density at radius 3 is 2.78 bits per heavy atom. The van der Waals surface area contributed by atoms with Crippen molar-refractivity contribution in [2.45, 2.75) is 23.9 Å². The summed E-state index contributed by atoms with van der Waals surface area (Å²) >= 11 is 1.55. The summed E-state index contributed by atoms with van der Waals surface area (Å²) in [7, 11) is 1.65. The minimum absolute atomic E-state index is 0.0529. The number of aryl methyl sites for hydroxylation is 1. The van der Waals surface area contributed by atoms with Gasteiger partial charge >= 0.3 is 0 Å². The first kappa shape index (κ1) is 17.7. The van der Waals surface area contributed by atoms with Gasteiger partial charge in [-0.15, -0.1) is 10.2 Å². The smallest absolute Gasteiger partial charge is 0.262 e. The summed E-state index contributed by atoms with van der Waals surface area (Å²) in [6.07, 6.45) is 2.51. The summed E-state index contributed by atoms with van der Waals surface area (Å²) in [5.41, 5.74) is 1.73. The molecule has 7 nitrogen and oxygen atoms in total. The van der Waals surface area contributed by atoms with E-state index in [1.54, 1.807) is 29.6 Å². The van der Waals surface area contributed by atoms with Crippen LogP contribution in [0.4, 0.5) is 0 Å². The molecule has 0 saturated heterocycles. The quantitative estimate of drug-likeness (QED) is 0.362. The van der Waals surface area contributed by atoms with Crippen LogP contribution in [0.5, 0.6) is 0 Å². The summed E-state index contributed by atoms with van der Waals surface area (Å²) in [6, 6.07) is 13.4. The molecule has 138 valence electrons. The average molecular weight is 381 g/mol. The van der Waals surface area contributed by atoms with Crippen molar-refractivity contribution in [3.05, 3.63) is 64.7 Å². The molecule has 0 aliphatic carbocycles. The number of hydrogen-bond acceptors (Lipinski definition) is 6. The normalized spacial score (nSPS) is 11.4. The van der Waals surface area contributed by atoms with Crippen molar-refractivity contribution in [1.82, 2.24) is 24.1 Å². The fourth-order valence-corrected chi connectivity index (χ4v) is 3.87. The van der Waals surface area contributed by atoms with E-state index in [9.17, 15) is 4.79 Å². The topological polar surface area (TPSA) is 74.3 Å². The van der Waals surface area contributed by atoms with E-state index in [0.29, 0.717) is 30.1 Å². The fraction of sp³-hybridized carbons (Fsp3) is 0.263. The van der Waals surface area contributed by atoms with Gasteiger partial charge in [-0.05, 0) is 30.7 Å². The molecule has 3 aromatic heterocycles. The van der Waals surface area contributed by atoms with Crippen LogP contribution >= 0.6 is 11.8 Å². The lowest BCUT2D eigenvalue weighted by Crippen LogP contribution is -2.24. The molecule has 8 heteroatoms. The molecule has 0 radical (unpaired) electrons.